The van der Waals surface area contributed by atoms with Gasteiger partial charge in [0.2, 0.25) is 5.91 Å². The van der Waals surface area contributed by atoms with E-state index >= 15 is 0 Å². The summed E-state index contributed by atoms with van der Waals surface area (Å²) in [5, 5.41) is 7.05. The van der Waals surface area contributed by atoms with E-state index in [1.165, 1.54) is 16.7 Å². The van der Waals surface area contributed by atoms with Crippen LogP contribution in [-0.2, 0) is 24.4 Å². The smallest absolute Gasteiger partial charge is 0.222 e. The Hall–Kier alpha value is -2.13. The molecule has 184 valence electrons. The summed E-state index contributed by atoms with van der Waals surface area (Å²) in [5.74, 6) is 1.15. The molecule has 2 aromatic carbocycles. The predicted octanol–water partition coefficient (Wildman–Crippen LogP) is 4.15. The van der Waals surface area contributed by atoms with Gasteiger partial charge in [-0.25, -0.2) is 4.99 Å². The summed E-state index contributed by atoms with van der Waals surface area (Å²) >= 11 is 0. The summed E-state index contributed by atoms with van der Waals surface area (Å²) in [6.45, 7) is 9.49. The van der Waals surface area contributed by atoms with Crippen molar-refractivity contribution in [3.8, 4) is 0 Å². The molecule has 0 aromatic heterocycles. The van der Waals surface area contributed by atoms with E-state index in [0.717, 1.165) is 45.0 Å². The third kappa shape index (κ3) is 7.43. The highest BCUT2D eigenvalue weighted by molar-refractivity contribution is 14.0. The molecule has 0 spiro atoms. The number of nitrogens with one attached hydrogen (secondary N) is 2. The molecule has 6 nitrogen and oxygen atoms in total. The number of amides is 1. The van der Waals surface area contributed by atoms with Crippen LogP contribution >= 0.6 is 24.0 Å². The fourth-order valence-corrected chi connectivity index (χ4v) is 4.77. The number of likely N-dealkylation sites (tertiary alicyclic amines) is 2. The Kier molecular flexibility index (Phi) is 10.2. The van der Waals surface area contributed by atoms with E-state index in [1.807, 2.05) is 4.90 Å². The Morgan fingerprint density at radius 1 is 1.03 bits per heavy atom. The van der Waals surface area contributed by atoms with Gasteiger partial charge >= 0.3 is 0 Å². The Bertz CT molecular complexity index is 934. The number of hydrogen-bond donors (Lipinski definition) is 2. The summed E-state index contributed by atoms with van der Waals surface area (Å²) < 4.78 is 0. The summed E-state index contributed by atoms with van der Waals surface area (Å²) in [4.78, 5) is 21.2. The van der Waals surface area contributed by atoms with Gasteiger partial charge in [-0.3, -0.25) is 9.69 Å². The molecule has 2 heterocycles. The van der Waals surface area contributed by atoms with Crippen LogP contribution < -0.4 is 10.6 Å². The molecule has 4 rings (SSSR count). The molecule has 0 radical (unpaired) electrons. The first kappa shape index (κ1) is 26.5. The first-order valence-electron chi connectivity index (χ1n) is 12.3. The standard InChI is InChI=1S/C27H37N5O.HI/c1-3-28-27(30-25-16-21(2)32(20-25)19-23-8-5-4-6-9-23)29-17-22-11-13-24(14-12-22)18-31-15-7-10-26(31)33;/h4-6,8-9,11-14,21,25H,3,7,10,15-20H2,1-2H3,(H2,28,29,30);1H. The van der Waals surface area contributed by atoms with Crippen LogP contribution in [0.25, 0.3) is 0 Å². The SMILES string of the molecule is CCNC(=NCc1ccc(CN2CCCC2=O)cc1)NC1CC(C)N(Cc2ccccc2)C1.I. The maximum atomic E-state index is 11.8. The minimum Gasteiger partial charge on any atom is -0.357 e. The minimum absolute atomic E-state index is 0. The molecule has 2 aliphatic rings. The van der Waals surface area contributed by atoms with Gasteiger partial charge in [0.15, 0.2) is 5.96 Å². The lowest BCUT2D eigenvalue weighted by Crippen LogP contribution is -2.44. The van der Waals surface area contributed by atoms with Crippen molar-refractivity contribution in [2.24, 2.45) is 4.99 Å². The minimum atomic E-state index is 0. The third-order valence-electron chi connectivity index (χ3n) is 6.60. The fourth-order valence-electron chi connectivity index (χ4n) is 4.77. The highest BCUT2D eigenvalue weighted by Crippen LogP contribution is 2.20. The number of nitrogens with zero attached hydrogens (tertiary/aromatic N) is 3. The number of halogens is 1. The molecule has 2 atom stereocenters. The van der Waals surface area contributed by atoms with Crippen LogP contribution in [0.5, 0.6) is 0 Å². The third-order valence-corrected chi connectivity index (χ3v) is 6.60. The quantitative estimate of drug-likeness (QED) is 0.282. The molecule has 0 aliphatic carbocycles. The molecule has 2 saturated heterocycles. The highest BCUT2D eigenvalue weighted by Gasteiger charge is 2.29. The van der Waals surface area contributed by atoms with E-state index in [2.05, 4.69) is 84.0 Å². The number of guanidine groups is 1. The molecule has 1 amide bonds. The molecular weight excluding hydrogens is 537 g/mol. The normalized spacial score (nSPS) is 20.9. The predicted molar refractivity (Wildman–Crippen MR) is 149 cm³/mol. The van der Waals surface area contributed by atoms with E-state index in [9.17, 15) is 4.79 Å². The summed E-state index contributed by atoms with van der Waals surface area (Å²) in [6, 6.07) is 20.1. The number of benzene rings is 2. The van der Waals surface area contributed by atoms with E-state index < -0.39 is 0 Å². The van der Waals surface area contributed by atoms with Crippen molar-refractivity contribution in [3.05, 3.63) is 71.3 Å². The van der Waals surface area contributed by atoms with Crippen LogP contribution in [0.1, 0.15) is 49.8 Å². The van der Waals surface area contributed by atoms with Gasteiger partial charge in [0.05, 0.1) is 6.54 Å². The molecular formula is C27H38IN5O. The Balaban J connectivity index is 0.00000324. The van der Waals surface area contributed by atoms with E-state index in [1.54, 1.807) is 0 Å². The lowest BCUT2D eigenvalue weighted by Gasteiger charge is -2.21. The molecule has 34 heavy (non-hydrogen) atoms. The van der Waals surface area contributed by atoms with Gasteiger partial charge in [-0.1, -0.05) is 54.6 Å². The fraction of sp³-hybridized carbons (Fsp3) is 0.481. The van der Waals surface area contributed by atoms with Gasteiger partial charge in [-0.2, -0.15) is 0 Å². The zero-order valence-electron chi connectivity index (χ0n) is 20.4. The van der Waals surface area contributed by atoms with Gasteiger partial charge in [-0.05, 0) is 43.4 Å². The maximum Gasteiger partial charge on any atom is 0.222 e. The second-order valence-corrected chi connectivity index (χ2v) is 9.27. The average molecular weight is 576 g/mol. The van der Waals surface area contributed by atoms with Gasteiger partial charge < -0.3 is 15.5 Å². The molecule has 2 fully saturated rings. The highest BCUT2D eigenvalue weighted by atomic mass is 127. The summed E-state index contributed by atoms with van der Waals surface area (Å²) in [6.07, 6.45) is 2.79. The zero-order chi connectivity index (χ0) is 23.0. The van der Waals surface area contributed by atoms with Gasteiger partial charge in [0.25, 0.3) is 0 Å². The molecule has 2 N–H and O–H groups in total. The summed E-state index contributed by atoms with van der Waals surface area (Å²) in [7, 11) is 0. The molecule has 2 aromatic rings. The molecule has 2 unspecified atom stereocenters. The van der Waals surface area contributed by atoms with Crippen molar-refractivity contribution >= 4 is 35.8 Å². The monoisotopic (exact) mass is 575 g/mol. The second kappa shape index (κ2) is 13.1. The largest absolute Gasteiger partial charge is 0.357 e. The van der Waals surface area contributed by atoms with E-state index in [-0.39, 0.29) is 29.9 Å². The number of carbonyl (C=O) groups excluding carboxylic acids is 1. The topological polar surface area (TPSA) is 60.0 Å². The number of rotatable bonds is 8. The number of hydrogen-bond acceptors (Lipinski definition) is 3. The van der Waals surface area contributed by atoms with Crippen LogP contribution in [0, 0.1) is 0 Å². The maximum absolute atomic E-state index is 11.8. The van der Waals surface area contributed by atoms with Crippen molar-refractivity contribution in [1.82, 2.24) is 20.4 Å². The Morgan fingerprint density at radius 3 is 2.41 bits per heavy atom. The van der Waals surface area contributed by atoms with Gasteiger partial charge in [0.1, 0.15) is 0 Å². The van der Waals surface area contributed by atoms with E-state index in [4.69, 9.17) is 4.99 Å². The molecule has 0 bridgehead atoms. The summed E-state index contributed by atoms with van der Waals surface area (Å²) in [5.41, 5.74) is 3.72. The number of carbonyl (C=O) groups is 1. The van der Waals surface area contributed by atoms with Crippen molar-refractivity contribution < 1.29 is 4.79 Å². The van der Waals surface area contributed by atoms with Gasteiger partial charge in [-0.15, -0.1) is 24.0 Å². The van der Waals surface area contributed by atoms with Crippen molar-refractivity contribution in [1.29, 1.82) is 0 Å². The first-order chi connectivity index (χ1) is 16.1. The van der Waals surface area contributed by atoms with E-state index in [0.29, 0.717) is 31.6 Å². The lowest BCUT2D eigenvalue weighted by atomic mass is 10.1. The van der Waals surface area contributed by atoms with Crippen LogP contribution in [0.2, 0.25) is 0 Å². The van der Waals surface area contributed by atoms with Crippen molar-refractivity contribution in [2.75, 3.05) is 19.6 Å². The lowest BCUT2D eigenvalue weighted by molar-refractivity contribution is -0.128. The number of aliphatic imine (C=N–C) groups is 1. The average Bonchev–Trinajstić information content (AvgIpc) is 3.38. The zero-order valence-corrected chi connectivity index (χ0v) is 22.7. The molecule has 0 saturated carbocycles. The van der Waals surface area contributed by atoms with Crippen LogP contribution in [-0.4, -0.2) is 53.4 Å². The Labute approximate surface area is 221 Å². The molecule has 2 aliphatic heterocycles. The molecule has 7 heteroatoms. The van der Waals surface area contributed by atoms with Gasteiger partial charge in [0, 0.05) is 51.2 Å². The van der Waals surface area contributed by atoms with Crippen molar-refractivity contribution in [3.63, 3.8) is 0 Å². The second-order valence-electron chi connectivity index (χ2n) is 9.27. The van der Waals surface area contributed by atoms with Crippen LogP contribution in [0.3, 0.4) is 0 Å². The first-order valence-corrected chi connectivity index (χ1v) is 12.3. The Morgan fingerprint density at radius 2 is 1.74 bits per heavy atom. The van der Waals surface area contributed by atoms with Crippen LogP contribution in [0.4, 0.5) is 0 Å². The van der Waals surface area contributed by atoms with Crippen molar-refractivity contribution in [2.45, 2.75) is 64.8 Å². The van der Waals surface area contributed by atoms with Crippen LogP contribution in [0.15, 0.2) is 59.6 Å².